The van der Waals surface area contributed by atoms with Gasteiger partial charge in [-0.3, -0.25) is 0 Å². The largest absolute Gasteiger partial charge is 0.516 e. The number of halogens is 2. The van der Waals surface area contributed by atoms with Gasteiger partial charge in [0.2, 0.25) is 6.79 Å². The molecule has 26 heavy (non-hydrogen) atoms. The minimum atomic E-state index is -1.09. The molecule has 0 spiro atoms. The van der Waals surface area contributed by atoms with E-state index in [-0.39, 0.29) is 5.75 Å². The maximum atomic E-state index is 11.4. The number of hydrogen-bond acceptors (Lipinski definition) is 7. The van der Waals surface area contributed by atoms with Crippen LogP contribution in [0.5, 0.6) is 11.5 Å². The highest BCUT2D eigenvalue weighted by Crippen LogP contribution is 2.18. The van der Waals surface area contributed by atoms with Gasteiger partial charge < -0.3 is 18.9 Å². The van der Waals surface area contributed by atoms with E-state index < -0.39 is 23.8 Å². The third-order valence-corrected chi connectivity index (χ3v) is 3.19. The SMILES string of the molecule is O=C(Cl)OCOC(=O)Oc1ccc(Cc2ccc(OC(=O)Cl)cc2)cc1. The topological polar surface area (TPSA) is 88.1 Å². The summed E-state index contributed by atoms with van der Waals surface area (Å²) in [6, 6.07) is 13.6. The molecule has 0 radical (unpaired) electrons. The summed E-state index contributed by atoms with van der Waals surface area (Å²) < 4.78 is 18.4. The molecule has 2 aromatic carbocycles. The lowest BCUT2D eigenvalue weighted by Gasteiger charge is -2.07. The first-order valence-electron chi connectivity index (χ1n) is 7.14. The van der Waals surface area contributed by atoms with Crippen LogP contribution in [-0.4, -0.2) is 23.8 Å². The Morgan fingerprint density at radius 3 is 1.65 bits per heavy atom. The van der Waals surface area contributed by atoms with Crippen LogP contribution in [0.15, 0.2) is 48.5 Å². The molecular formula is C17H12Cl2O7. The Morgan fingerprint density at radius 1 is 0.692 bits per heavy atom. The standard InChI is InChI=1S/C17H12Cl2O7/c18-15(20)23-10-24-17(22)26-14-7-3-12(4-8-14)9-11-1-5-13(6-2-11)25-16(19)21/h1-8H,9-10H2. The van der Waals surface area contributed by atoms with E-state index in [1.165, 1.54) is 0 Å². The van der Waals surface area contributed by atoms with Gasteiger partial charge in [-0.25, -0.2) is 14.4 Å². The lowest BCUT2D eigenvalue weighted by molar-refractivity contribution is 0.0131. The molecule has 0 heterocycles. The second-order valence-electron chi connectivity index (χ2n) is 4.80. The molecule has 136 valence electrons. The number of benzene rings is 2. The van der Waals surface area contributed by atoms with Crippen molar-refractivity contribution >= 4 is 40.2 Å². The predicted octanol–water partition coefficient (Wildman–Crippen LogP) is 4.86. The van der Waals surface area contributed by atoms with Gasteiger partial charge in [-0.05, 0) is 41.8 Å². The van der Waals surface area contributed by atoms with Crippen molar-refractivity contribution in [1.82, 2.24) is 0 Å². The highest BCUT2D eigenvalue weighted by Gasteiger charge is 2.08. The average Bonchev–Trinajstić information content (AvgIpc) is 2.57. The molecule has 0 saturated carbocycles. The third kappa shape index (κ3) is 7.00. The molecule has 0 aromatic heterocycles. The number of ether oxygens (including phenoxy) is 4. The van der Waals surface area contributed by atoms with Crippen molar-refractivity contribution in [2.45, 2.75) is 6.42 Å². The molecule has 0 aliphatic carbocycles. The van der Waals surface area contributed by atoms with Gasteiger partial charge in [0.25, 0.3) is 0 Å². The Kier molecular flexibility index (Phi) is 7.25. The van der Waals surface area contributed by atoms with Crippen molar-refractivity contribution in [1.29, 1.82) is 0 Å². The van der Waals surface area contributed by atoms with E-state index in [0.717, 1.165) is 11.1 Å². The Hall–Kier alpha value is -2.77. The zero-order valence-corrected chi connectivity index (χ0v) is 14.7. The van der Waals surface area contributed by atoms with Crippen molar-refractivity contribution in [2.24, 2.45) is 0 Å². The van der Waals surface area contributed by atoms with Crippen LogP contribution in [0.25, 0.3) is 0 Å². The van der Waals surface area contributed by atoms with Crippen LogP contribution in [0.4, 0.5) is 14.4 Å². The third-order valence-electron chi connectivity index (χ3n) is 3.00. The summed E-state index contributed by atoms with van der Waals surface area (Å²) in [4.78, 5) is 32.3. The first-order chi connectivity index (χ1) is 12.4. The maximum Gasteiger partial charge on any atom is 0.516 e. The average molecular weight is 399 g/mol. The normalized spacial score (nSPS) is 9.92. The maximum absolute atomic E-state index is 11.4. The van der Waals surface area contributed by atoms with Crippen molar-refractivity contribution in [3.63, 3.8) is 0 Å². The van der Waals surface area contributed by atoms with E-state index >= 15 is 0 Å². The predicted molar refractivity (Wildman–Crippen MR) is 91.9 cm³/mol. The van der Waals surface area contributed by atoms with Crippen LogP contribution in [0.2, 0.25) is 0 Å². The Balaban J connectivity index is 1.86. The molecule has 0 N–H and O–H groups in total. The van der Waals surface area contributed by atoms with Gasteiger partial charge in [0.05, 0.1) is 0 Å². The molecule has 0 fully saturated rings. The van der Waals surface area contributed by atoms with Crippen LogP contribution in [0, 0.1) is 0 Å². The molecule has 2 aromatic rings. The Labute approximate surface area is 158 Å². The molecule has 0 aliphatic heterocycles. The van der Waals surface area contributed by atoms with E-state index in [2.05, 4.69) is 9.47 Å². The number of carbonyl (C=O) groups is 3. The minimum absolute atomic E-state index is 0.264. The monoisotopic (exact) mass is 398 g/mol. The summed E-state index contributed by atoms with van der Waals surface area (Å²) in [6.45, 7) is -0.631. The lowest BCUT2D eigenvalue weighted by atomic mass is 10.0. The molecule has 0 bridgehead atoms. The molecule has 2 rings (SSSR count). The van der Waals surface area contributed by atoms with Gasteiger partial charge in [0, 0.05) is 23.2 Å². The number of rotatable bonds is 6. The van der Waals surface area contributed by atoms with Gasteiger partial charge in [-0.2, -0.15) is 0 Å². The molecule has 7 nitrogen and oxygen atoms in total. The minimum Gasteiger partial charge on any atom is -0.416 e. The fourth-order valence-corrected chi connectivity index (χ4v) is 2.06. The molecule has 0 amide bonds. The van der Waals surface area contributed by atoms with Gasteiger partial charge >= 0.3 is 17.0 Å². The summed E-state index contributed by atoms with van der Waals surface area (Å²) >= 11 is 10.1. The van der Waals surface area contributed by atoms with Gasteiger partial charge in [0.1, 0.15) is 11.5 Å². The van der Waals surface area contributed by atoms with Crippen molar-refractivity contribution in [3.8, 4) is 11.5 Å². The van der Waals surface area contributed by atoms with Crippen LogP contribution < -0.4 is 9.47 Å². The summed E-state index contributed by atoms with van der Waals surface area (Å²) in [5, 5.41) is 0. The molecule has 0 unspecified atom stereocenters. The van der Waals surface area contributed by atoms with Gasteiger partial charge in [-0.1, -0.05) is 24.3 Å². The van der Waals surface area contributed by atoms with E-state index in [4.69, 9.17) is 32.7 Å². The van der Waals surface area contributed by atoms with E-state index in [1.807, 2.05) is 0 Å². The zero-order valence-electron chi connectivity index (χ0n) is 13.1. The van der Waals surface area contributed by atoms with Crippen LogP contribution in [0.1, 0.15) is 11.1 Å². The summed E-state index contributed by atoms with van der Waals surface area (Å²) in [5.41, 5.74) is -0.0390. The fraction of sp³-hybridized carbons (Fsp3) is 0.118. The van der Waals surface area contributed by atoms with Gasteiger partial charge in [-0.15, -0.1) is 0 Å². The highest BCUT2D eigenvalue weighted by atomic mass is 35.5. The summed E-state index contributed by atoms with van der Waals surface area (Å²) in [5.74, 6) is 0.621. The molecule has 0 saturated heterocycles. The van der Waals surface area contributed by atoms with Crippen LogP contribution in [-0.2, 0) is 15.9 Å². The summed E-state index contributed by atoms with van der Waals surface area (Å²) in [6.07, 6.45) is -0.411. The summed E-state index contributed by atoms with van der Waals surface area (Å²) in [7, 11) is 0. The van der Waals surface area contributed by atoms with Gasteiger partial charge in [0.15, 0.2) is 0 Å². The smallest absolute Gasteiger partial charge is 0.416 e. The van der Waals surface area contributed by atoms with E-state index in [9.17, 15) is 14.4 Å². The van der Waals surface area contributed by atoms with Crippen molar-refractivity contribution < 1.29 is 33.3 Å². The lowest BCUT2D eigenvalue weighted by Crippen LogP contribution is -2.13. The quantitative estimate of drug-likeness (QED) is 0.297. The van der Waals surface area contributed by atoms with Crippen LogP contribution >= 0.6 is 23.2 Å². The van der Waals surface area contributed by atoms with Crippen LogP contribution in [0.3, 0.4) is 0 Å². The second-order valence-corrected chi connectivity index (χ2v) is 5.42. The van der Waals surface area contributed by atoms with Crippen molar-refractivity contribution in [3.05, 3.63) is 59.7 Å². The van der Waals surface area contributed by atoms with Crippen molar-refractivity contribution in [2.75, 3.05) is 6.79 Å². The number of hydrogen-bond donors (Lipinski definition) is 0. The number of carbonyl (C=O) groups excluding carboxylic acids is 3. The molecule has 9 heteroatoms. The molecule has 0 aliphatic rings. The highest BCUT2D eigenvalue weighted by molar-refractivity contribution is 6.61. The zero-order chi connectivity index (χ0) is 18.9. The first-order valence-corrected chi connectivity index (χ1v) is 7.90. The molecular weight excluding hydrogens is 387 g/mol. The first kappa shape index (κ1) is 19.6. The molecule has 0 atom stereocenters. The second kappa shape index (κ2) is 9.65. The van der Waals surface area contributed by atoms with E-state index in [0.29, 0.717) is 12.2 Å². The Morgan fingerprint density at radius 2 is 1.19 bits per heavy atom. The van der Waals surface area contributed by atoms with E-state index in [1.54, 1.807) is 48.5 Å². The Bertz CT molecular complexity index is 773. The fourth-order valence-electron chi connectivity index (χ4n) is 1.93.